The van der Waals surface area contributed by atoms with Gasteiger partial charge in [0.25, 0.3) is 0 Å². The highest BCUT2D eigenvalue weighted by atomic mass is 32.2. The first kappa shape index (κ1) is 14.7. The summed E-state index contributed by atoms with van der Waals surface area (Å²) < 4.78 is 38.4. The van der Waals surface area contributed by atoms with Crippen molar-refractivity contribution in [2.45, 2.75) is 23.2 Å². The van der Waals surface area contributed by atoms with Crippen LogP contribution in [0.4, 0.5) is 4.39 Å². The van der Waals surface area contributed by atoms with Crippen LogP contribution in [0.3, 0.4) is 0 Å². The standard InChI is InChI=1S/C15H15FO3S/c1-11(15(17)12-7-3-2-4-8-12)20(18,19)14-10-6-5-9-13(14)16/h2-11,15,17H,1H3. The van der Waals surface area contributed by atoms with E-state index in [4.69, 9.17) is 0 Å². The third-order valence-corrected chi connectivity index (χ3v) is 5.40. The van der Waals surface area contributed by atoms with Crippen molar-refractivity contribution in [2.24, 2.45) is 0 Å². The van der Waals surface area contributed by atoms with E-state index in [1.165, 1.54) is 25.1 Å². The molecule has 0 aliphatic heterocycles. The molecule has 0 heterocycles. The fraction of sp³-hybridized carbons (Fsp3) is 0.200. The monoisotopic (exact) mass is 294 g/mol. The molecule has 0 bridgehead atoms. The molecule has 2 unspecified atom stereocenters. The van der Waals surface area contributed by atoms with Crippen LogP contribution < -0.4 is 0 Å². The zero-order valence-electron chi connectivity index (χ0n) is 10.9. The molecule has 5 heteroatoms. The van der Waals surface area contributed by atoms with Crippen LogP contribution in [0.5, 0.6) is 0 Å². The lowest BCUT2D eigenvalue weighted by molar-refractivity contribution is 0.176. The van der Waals surface area contributed by atoms with E-state index in [0.29, 0.717) is 5.56 Å². The minimum Gasteiger partial charge on any atom is -0.387 e. The van der Waals surface area contributed by atoms with E-state index in [2.05, 4.69) is 0 Å². The van der Waals surface area contributed by atoms with Crippen LogP contribution in [0.1, 0.15) is 18.6 Å². The second-order valence-corrected chi connectivity index (χ2v) is 6.81. The highest BCUT2D eigenvalue weighted by Gasteiger charge is 2.32. The van der Waals surface area contributed by atoms with Crippen molar-refractivity contribution in [3.05, 3.63) is 66.0 Å². The van der Waals surface area contributed by atoms with Gasteiger partial charge < -0.3 is 5.11 Å². The molecule has 0 aliphatic rings. The number of sulfone groups is 1. The van der Waals surface area contributed by atoms with Crippen LogP contribution >= 0.6 is 0 Å². The average Bonchev–Trinajstić information content (AvgIpc) is 2.47. The first-order valence-electron chi connectivity index (χ1n) is 6.16. The molecule has 0 saturated heterocycles. The predicted molar refractivity (Wildman–Crippen MR) is 74.4 cm³/mol. The van der Waals surface area contributed by atoms with Crippen LogP contribution in [0.15, 0.2) is 59.5 Å². The quantitative estimate of drug-likeness (QED) is 0.943. The van der Waals surface area contributed by atoms with Crippen molar-refractivity contribution in [3.8, 4) is 0 Å². The first-order chi connectivity index (χ1) is 9.44. The maximum absolute atomic E-state index is 13.7. The predicted octanol–water partition coefficient (Wildman–Crippen LogP) is 2.72. The molecule has 2 aromatic carbocycles. The van der Waals surface area contributed by atoms with Gasteiger partial charge in [0.05, 0.1) is 11.4 Å². The Morgan fingerprint density at radius 1 is 1.00 bits per heavy atom. The van der Waals surface area contributed by atoms with Gasteiger partial charge in [-0.3, -0.25) is 0 Å². The second kappa shape index (κ2) is 5.73. The highest BCUT2D eigenvalue weighted by molar-refractivity contribution is 7.92. The van der Waals surface area contributed by atoms with Crippen LogP contribution in [0.25, 0.3) is 0 Å². The molecule has 0 aromatic heterocycles. The van der Waals surface area contributed by atoms with Gasteiger partial charge in [-0.25, -0.2) is 12.8 Å². The van der Waals surface area contributed by atoms with Gasteiger partial charge in [-0.2, -0.15) is 0 Å². The molecule has 0 aliphatic carbocycles. The molecule has 2 aromatic rings. The normalized spacial score (nSPS) is 14.8. The molecule has 0 saturated carbocycles. The lowest BCUT2D eigenvalue weighted by Crippen LogP contribution is -2.26. The fourth-order valence-electron chi connectivity index (χ4n) is 1.97. The Hall–Kier alpha value is -1.72. The first-order valence-corrected chi connectivity index (χ1v) is 7.70. The van der Waals surface area contributed by atoms with Crippen molar-refractivity contribution in [2.75, 3.05) is 0 Å². The van der Waals surface area contributed by atoms with Crippen LogP contribution in [0.2, 0.25) is 0 Å². The van der Waals surface area contributed by atoms with Crippen LogP contribution in [0, 0.1) is 5.82 Å². The molecule has 2 rings (SSSR count). The molecule has 0 amide bonds. The lowest BCUT2D eigenvalue weighted by Gasteiger charge is -2.20. The van der Waals surface area contributed by atoms with E-state index in [9.17, 15) is 17.9 Å². The number of hydrogen-bond acceptors (Lipinski definition) is 3. The number of halogens is 1. The Morgan fingerprint density at radius 2 is 1.55 bits per heavy atom. The van der Waals surface area contributed by atoms with Gasteiger partial charge >= 0.3 is 0 Å². The summed E-state index contributed by atoms with van der Waals surface area (Å²) >= 11 is 0. The van der Waals surface area contributed by atoms with Crippen molar-refractivity contribution in [1.82, 2.24) is 0 Å². The van der Waals surface area contributed by atoms with Crippen molar-refractivity contribution in [3.63, 3.8) is 0 Å². The van der Waals surface area contributed by atoms with Gasteiger partial charge in [-0.15, -0.1) is 0 Å². The largest absolute Gasteiger partial charge is 0.387 e. The van der Waals surface area contributed by atoms with E-state index in [1.54, 1.807) is 30.3 Å². The lowest BCUT2D eigenvalue weighted by atomic mass is 10.1. The Kier molecular flexibility index (Phi) is 4.20. The van der Waals surface area contributed by atoms with E-state index >= 15 is 0 Å². The molecule has 1 N–H and O–H groups in total. The van der Waals surface area contributed by atoms with Gasteiger partial charge in [-0.1, -0.05) is 42.5 Å². The topological polar surface area (TPSA) is 54.4 Å². The van der Waals surface area contributed by atoms with Crippen molar-refractivity contribution >= 4 is 9.84 Å². The molecule has 2 atom stereocenters. The number of aliphatic hydroxyl groups is 1. The van der Waals surface area contributed by atoms with E-state index < -0.39 is 27.0 Å². The molecular weight excluding hydrogens is 279 g/mol. The molecule has 3 nitrogen and oxygen atoms in total. The van der Waals surface area contributed by atoms with E-state index in [-0.39, 0.29) is 4.90 Å². The van der Waals surface area contributed by atoms with Crippen LogP contribution in [-0.2, 0) is 9.84 Å². The number of rotatable bonds is 4. The summed E-state index contributed by atoms with van der Waals surface area (Å²) in [7, 11) is -3.94. The molecule has 0 radical (unpaired) electrons. The molecular formula is C15H15FO3S. The summed E-state index contributed by atoms with van der Waals surface area (Å²) in [6.45, 7) is 1.37. The summed E-state index contributed by atoms with van der Waals surface area (Å²) in [5.41, 5.74) is 0.486. The SMILES string of the molecule is CC(C(O)c1ccccc1)S(=O)(=O)c1ccccc1F. The summed E-state index contributed by atoms with van der Waals surface area (Å²) in [5, 5.41) is 9.04. The second-order valence-electron chi connectivity index (χ2n) is 4.54. The third-order valence-electron chi connectivity index (χ3n) is 3.22. The molecule has 106 valence electrons. The minimum absolute atomic E-state index is 0.387. The highest BCUT2D eigenvalue weighted by Crippen LogP contribution is 2.27. The van der Waals surface area contributed by atoms with Gasteiger partial charge in [0.1, 0.15) is 10.7 Å². The zero-order chi connectivity index (χ0) is 14.8. The number of aliphatic hydroxyl groups excluding tert-OH is 1. The smallest absolute Gasteiger partial charge is 0.186 e. The van der Waals surface area contributed by atoms with E-state index in [0.717, 1.165) is 6.07 Å². The number of benzene rings is 2. The van der Waals surface area contributed by atoms with Crippen molar-refractivity contribution < 1.29 is 17.9 Å². The van der Waals surface area contributed by atoms with Gasteiger partial charge in [0.2, 0.25) is 0 Å². The van der Waals surface area contributed by atoms with Gasteiger partial charge in [0, 0.05) is 0 Å². The fourth-order valence-corrected chi connectivity index (χ4v) is 3.47. The summed E-state index contributed by atoms with van der Waals surface area (Å²) in [6, 6.07) is 13.6. The molecule has 0 spiro atoms. The Balaban J connectivity index is 2.38. The van der Waals surface area contributed by atoms with E-state index in [1.807, 2.05) is 0 Å². The maximum atomic E-state index is 13.7. The van der Waals surface area contributed by atoms with Crippen LogP contribution in [-0.4, -0.2) is 18.8 Å². The zero-order valence-corrected chi connectivity index (χ0v) is 11.7. The van der Waals surface area contributed by atoms with Gasteiger partial charge in [-0.05, 0) is 24.6 Å². The van der Waals surface area contributed by atoms with Crippen molar-refractivity contribution in [1.29, 1.82) is 0 Å². The summed E-state index contributed by atoms with van der Waals surface area (Å²) in [5.74, 6) is -0.806. The Labute approximate surface area is 117 Å². The summed E-state index contributed by atoms with van der Waals surface area (Å²) in [6.07, 6.45) is -1.21. The molecule has 0 fully saturated rings. The van der Waals surface area contributed by atoms with Gasteiger partial charge in [0.15, 0.2) is 9.84 Å². The number of hydrogen-bond donors (Lipinski definition) is 1. The Bertz CT molecular complexity index is 683. The third kappa shape index (κ3) is 2.73. The average molecular weight is 294 g/mol. The summed E-state index contributed by atoms with van der Waals surface area (Å²) in [4.78, 5) is -0.387. The minimum atomic E-state index is -3.94. The maximum Gasteiger partial charge on any atom is 0.186 e. The molecule has 20 heavy (non-hydrogen) atoms. The Morgan fingerprint density at radius 3 is 2.15 bits per heavy atom.